The van der Waals surface area contributed by atoms with Crippen LogP contribution in [0.25, 0.3) is 0 Å². The summed E-state index contributed by atoms with van der Waals surface area (Å²) in [5, 5.41) is 16.4. The molecule has 0 saturated heterocycles. The van der Waals surface area contributed by atoms with E-state index in [1.165, 1.54) is 0 Å². The van der Waals surface area contributed by atoms with Crippen molar-refractivity contribution in [1.29, 1.82) is 0 Å². The van der Waals surface area contributed by atoms with Crippen LogP contribution in [0.2, 0.25) is 0 Å². The van der Waals surface area contributed by atoms with Crippen LogP contribution >= 0.6 is 0 Å². The molecule has 21 heavy (non-hydrogen) atoms. The second-order valence-corrected chi connectivity index (χ2v) is 6.90. The lowest BCUT2D eigenvalue weighted by molar-refractivity contribution is 0.0947. The molecule has 0 unspecified atom stereocenters. The molecule has 0 spiro atoms. The first-order valence-electron chi connectivity index (χ1n) is 7.68. The van der Waals surface area contributed by atoms with E-state index in [0.717, 1.165) is 25.1 Å². The van der Waals surface area contributed by atoms with E-state index in [4.69, 9.17) is 0 Å². The standard InChI is InChI=1S/C16H29N3O2/c1-12(2)10-19-13(3)14(9-18-19)15(21)17-8-6-7-16(4,5)11-20/h9,12,20H,6-8,10-11H2,1-5H3,(H,17,21). The molecule has 0 radical (unpaired) electrons. The van der Waals surface area contributed by atoms with Crippen LogP contribution in [0.4, 0.5) is 0 Å². The number of hydrogen-bond donors (Lipinski definition) is 2. The first-order valence-corrected chi connectivity index (χ1v) is 7.68. The largest absolute Gasteiger partial charge is 0.396 e. The van der Waals surface area contributed by atoms with Crippen molar-refractivity contribution >= 4 is 5.91 Å². The highest BCUT2D eigenvalue weighted by Crippen LogP contribution is 2.20. The summed E-state index contributed by atoms with van der Waals surface area (Å²) in [4.78, 5) is 12.1. The molecule has 0 aliphatic rings. The predicted molar refractivity (Wildman–Crippen MR) is 84.2 cm³/mol. The molecule has 5 heteroatoms. The van der Waals surface area contributed by atoms with Crippen LogP contribution < -0.4 is 5.32 Å². The average Bonchev–Trinajstić information content (AvgIpc) is 2.75. The number of aromatic nitrogens is 2. The molecular formula is C16H29N3O2. The molecule has 0 fully saturated rings. The van der Waals surface area contributed by atoms with Crippen LogP contribution in [-0.4, -0.2) is 33.9 Å². The number of rotatable bonds is 8. The zero-order valence-electron chi connectivity index (χ0n) is 13.9. The minimum Gasteiger partial charge on any atom is -0.396 e. The molecule has 0 aromatic carbocycles. The van der Waals surface area contributed by atoms with Gasteiger partial charge in [0.25, 0.3) is 5.91 Å². The van der Waals surface area contributed by atoms with Crippen molar-refractivity contribution in [2.24, 2.45) is 11.3 Å². The van der Waals surface area contributed by atoms with Crippen molar-refractivity contribution in [1.82, 2.24) is 15.1 Å². The third-order valence-electron chi connectivity index (χ3n) is 3.63. The normalized spacial score (nSPS) is 12.0. The Morgan fingerprint density at radius 3 is 2.71 bits per heavy atom. The second-order valence-electron chi connectivity index (χ2n) is 6.90. The molecule has 2 N–H and O–H groups in total. The third-order valence-corrected chi connectivity index (χ3v) is 3.63. The summed E-state index contributed by atoms with van der Waals surface area (Å²) in [6, 6.07) is 0. The fraction of sp³-hybridized carbons (Fsp3) is 0.750. The Hall–Kier alpha value is -1.36. The lowest BCUT2D eigenvalue weighted by atomic mass is 9.89. The van der Waals surface area contributed by atoms with Crippen molar-refractivity contribution in [3.63, 3.8) is 0 Å². The molecule has 0 aliphatic heterocycles. The Morgan fingerprint density at radius 2 is 2.14 bits per heavy atom. The van der Waals surface area contributed by atoms with Gasteiger partial charge in [-0.25, -0.2) is 0 Å². The fourth-order valence-corrected chi connectivity index (χ4v) is 2.14. The van der Waals surface area contributed by atoms with E-state index in [1.807, 2.05) is 25.5 Å². The van der Waals surface area contributed by atoms with Gasteiger partial charge in [0.1, 0.15) is 0 Å². The van der Waals surface area contributed by atoms with Gasteiger partial charge >= 0.3 is 0 Å². The van der Waals surface area contributed by atoms with Gasteiger partial charge in [-0.15, -0.1) is 0 Å². The molecule has 0 atom stereocenters. The highest BCUT2D eigenvalue weighted by molar-refractivity contribution is 5.94. The number of nitrogens with zero attached hydrogens (tertiary/aromatic N) is 2. The highest BCUT2D eigenvalue weighted by Gasteiger charge is 2.17. The van der Waals surface area contributed by atoms with Crippen molar-refractivity contribution in [3.05, 3.63) is 17.5 Å². The Bertz CT molecular complexity index is 464. The van der Waals surface area contributed by atoms with Crippen LogP contribution in [-0.2, 0) is 6.54 Å². The first-order chi connectivity index (χ1) is 9.76. The van der Waals surface area contributed by atoms with E-state index < -0.39 is 0 Å². The summed E-state index contributed by atoms with van der Waals surface area (Å²) in [6.07, 6.45) is 3.39. The van der Waals surface area contributed by atoms with Gasteiger partial charge in [-0.3, -0.25) is 9.48 Å². The van der Waals surface area contributed by atoms with E-state index >= 15 is 0 Å². The van der Waals surface area contributed by atoms with Crippen LogP contribution in [0, 0.1) is 18.3 Å². The number of aliphatic hydroxyl groups excluding tert-OH is 1. The van der Waals surface area contributed by atoms with Gasteiger partial charge < -0.3 is 10.4 Å². The maximum absolute atomic E-state index is 12.1. The van der Waals surface area contributed by atoms with Gasteiger partial charge in [0.2, 0.25) is 0 Å². The van der Waals surface area contributed by atoms with Crippen LogP contribution in [0.15, 0.2) is 6.20 Å². The lowest BCUT2D eigenvalue weighted by Crippen LogP contribution is -2.26. The molecule has 5 nitrogen and oxygen atoms in total. The number of carbonyl (C=O) groups is 1. The van der Waals surface area contributed by atoms with Crippen molar-refractivity contribution in [2.45, 2.75) is 54.0 Å². The zero-order valence-corrected chi connectivity index (χ0v) is 13.9. The van der Waals surface area contributed by atoms with Gasteiger partial charge in [0, 0.05) is 25.4 Å². The van der Waals surface area contributed by atoms with Crippen LogP contribution in [0.1, 0.15) is 56.6 Å². The van der Waals surface area contributed by atoms with E-state index in [1.54, 1.807) is 6.20 Å². The first kappa shape index (κ1) is 17.7. The summed E-state index contributed by atoms with van der Waals surface area (Å²) in [5.41, 5.74) is 1.48. The quantitative estimate of drug-likeness (QED) is 0.724. The molecule has 0 saturated carbocycles. The van der Waals surface area contributed by atoms with Gasteiger partial charge in [-0.05, 0) is 31.1 Å². The highest BCUT2D eigenvalue weighted by atomic mass is 16.3. The second kappa shape index (κ2) is 7.59. The monoisotopic (exact) mass is 295 g/mol. The minimum atomic E-state index is -0.0806. The number of carbonyl (C=O) groups excluding carboxylic acids is 1. The maximum Gasteiger partial charge on any atom is 0.254 e. The third kappa shape index (κ3) is 5.50. The SMILES string of the molecule is Cc1c(C(=O)NCCCC(C)(C)CO)cnn1CC(C)C. The molecule has 120 valence electrons. The number of amides is 1. The Balaban J connectivity index is 2.48. The Morgan fingerprint density at radius 1 is 1.48 bits per heavy atom. The Labute approximate surface area is 127 Å². The molecule has 0 bridgehead atoms. The van der Waals surface area contributed by atoms with Crippen molar-refractivity contribution in [3.8, 4) is 0 Å². The Kier molecular flexibility index (Phi) is 6.40. The van der Waals surface area contributed by atoms with Gasteiger partial charge in [-0.1, -0.05) is 27.7 Å². The topological polar surface area (TPSA) is 67.2 Å². The molecular weight excluding hydrogens is 266 g/mol. The van der Waals surface area contributed by atoms with Gasteiger partial charge in [0.15, 0.2) is 0 Å². The summed E-state index contributed by atoms with van der Waals surface area (Å²) in [5.74, 6) is 0.435. The number of nitrogens with one attached hydrogen (secondary N) is 1. The predicted octanol–water partition coefficient (Wildman–Crippen LogP) is 2.38. The molecule has 0 aliphatic carbocycles. The zero-order chi connectivity index (χ0) is 16.0. The smallest absolute Gasteiger partial charge is 0.254 e. The van der Waals surface area contributed by atoms with E-state index in [2.05, 4.69) is 24.3 Å². The average molecular weight is 295 g/mol. The van der Waals surface area contributed by atoms with E-state index in [0.29, 0.717) is 18.0 Å². The van der Waals surface area contributed by atoms with E-state index in [9.17, 15) is 9.90 Å². The summed E-state index contributed by atoms with van der Waals surface area (Å²) < 4.78 is 1.88. The maximum atomic E-state index is 12.1. The van der Waals surface area contributed by atoms with Crippen molar-refractivity contribution < 1.29 is 9.90 Å². The summed E-state index contributed by atoms with van der Waals surface area (Å²) in [7, 11) is 0. The van der Waals surface area contributed by atoms with Crippen LogP contribution in [0.5, 0.6) is 0 Å². The molecule has 1 amide bonds. The number of hydrogen-bond acceptors (Lipinski definition) is 3. The summed E-state index contributed by atoms with van der Waals surface area (Å²) in [6.45, 7) is 11.8. The fourth-order valence-electron chi connectivity index (χ4n) is 2.14. The minimum absolute atomic E-state index is 0.0655. The lowest BCUT2D eigenvalue weighted by Gasteiger charge is -2.21. The van der Waals surface area contributed by atoms with E-state index in [-0.39, 0.29) is 17.9 Å². The molecule has 1 heterocycles. The van der Waals surface area contributed by atoms with Crippen molar-refractivity contribution in [2.75, 3.05) is 13.2 Å². The molecule has 1 aromatic heterocycles. The molecule has 1 rings (SSSR count). The van der Waals surface area contributed by atoms with Crippen LogP contribution in [0.3, 0.4) is 0 Å². The molecule has 1 aromatic rings. The number of aliphatic hydroxyl groups is 1. The van der Waals surface area contributed by atoms with Gasteiger partial charge in [-0.2, -0.15) is 5.10 Å². The summed E-state index contributed by atoms with van der Waals surface area (Å²) >= 11 is 0. The van der Waals surface area contributed by atoms with Gasteiger partial charge in [0.05, 0.1) is 11.8 Å².